The molecule has 1 aliphatic rings. The summed E-state index contributed by atoms with van der Waals surface area (Å²) in [4.78, 5) is 0. The molecule has 0 heterocycles. The molecule has 76 valence electrons. The minimum Gasteiger partial charge on any atom is -0.327 e. The summed E-state index contributed by atoms with van der Waals surface area (Å²) in [6.45, 7) is 4.30. The van der Waals surface area contributed by atoms with Crippen molar-refractivity contribution in [3.05, 3.63) is 35.6 Å². The van der Waals surface area contributed by atoms with Crippen LogP contribution in [-0.2, 0) is 0 Å². The maximum absolute atomic E-state index is 13.0. The van der Waals surface area contributed by atoms with Crippen LogP contribution < -0.4 is 5.73 Å². The first-order chi connectivity index (χ1) is 6.51. The average Bonchev–Trinajstić information content (AvgIpc) is 2.14. The lowest BCUT2D eigenvalue weighted by Crippen LogP contribution is -2.52. The Kier molecular flexibility index (Phi) is 2.11. The fourth-order valence-electron chi connectivity index (χ4n) is 2.25. The Hall–Kier alpha value is -0.890. The van der Waals surface area contributed by atoms with Crippen molar-refractivity contribution in [3.63, 3.8) is 0 Å². The van der Waals surface area contributed by atoms with Gasteiger partial charge in [-0.15, -0.1) is 0 Å². The molecule has 2 atom stereocenters. The summed E-state index contributed by atoms with van der Waals surface area (Å²) >= 11 is 0. The number of hydrogen-bond donors (Lipinski definition) is 1. The summed E-state index contributed by atoms with van der Waals surface area (Å²) in [6, 6.07) is 7.11. The van der Waals surface area contributed by atoms with Crippen molar-refractivity contribution in [2.24, 2.45) is 11.1 Å². The molecule has 1 nitrogen and oxygen atoms in total. The fraction of sp³-hybridized carbons (Fsp3) is 0.500. The summed E-state index contributed by atoms with van der Waals surface area (Å²) in [6.07, 6.45) is 0.969. The predicted octanol–water partition coefficient (Wildman–Crippen LogP) is 2.67. The van der Waals surface area contributed by atoms with Gasteiger partial charge >= 0.3 is 0 Å². The highest BCUT2D eigenvalue weighted by atomic mass is 19.1. The molecule has 0 aromatic heterocycles. The number of benzene rings is 1. The molecule has 1 aromatic rings. The maximum atomic E-state index is 13.0. The van der Waals surface area contributed by atoms with Gasteiger partial charge in [0.15, 0.2) is 0 Å². The van der Waals surface area contributed by atoms with Gasteiger partial charge in [0.1, 0.15) is 5.82 Å². The van der Waals surface area contributed by atoms with Crippen LogP contribution in [0.15, 0.2) is 24.3 Å². The van der Waals surface area contributed by atoms with E-state index in [1.54, 1.807) is 12.1 Å². The molecule has 0 radical (unpaired) electrons. The molecular weight excluding hydrogens is 177 g/mol. The lowest BCUT2D eigenvalue weighted by atomic mass is 9.57. The topological polar surface area (TPSA) is 26.0 Å². The number of hydrogen-bond acceptors (Lipinski definition) is 1. The van der Waals surface area contributed by atoms with Crippen LogP contribution in [0.1, 0.15) is 31.7 Å². The van der Waals surface area contributed by atoms with E-state index in [2.05, 4.69) is 13.8 Å². The molecule has 2 unspecified atom stereocenters. The summed E-state index contributed by atoms with van der Waals surface area (Å²) in [7, 11) is 0. The number of nitrogens with two attached hydrogens (primary N) is 1. The quantitative estimate of drug-likeness (QED) is 0.729. The first kappa shape index (κ1) is 9.66. The van der Waals surface area contributed by atoms with Crippen molar-refractivity contribution in [1.29, 1.82) is 0 Å². The summed E-state index contributed by atoms with van der Waals surface area (Å²) in [5.74, 6) is 0.256. The van der Waals surface area contributed by atoms with E-state index in [4.69, 9.17) is 5.73 Å². The molecule has 1 fully saturated rings. The van der Waals surface area contributed by atoms with Crippen molar-refractivity contribution in [3.8, 4) is 0 Å². The van der Waals surface area contributed by atoms with Gasteiger partial charge < -0.3 is 5.73 Å². The van der Waals surface area contributed by atoms with Crippen LogP contribution >= 0.6 is 0 Å². The highest BCUT2D eigenvalue weighted by Gasteiger charge is 2.46. The van der Waals surface area contributed by atoms with Crippen LogP contribution in [0.5, 0.6) is 0 Å². The predicted molar refractivity (Wildman–Crippen MR) is 55.5 cm³/mol. The van der Waals surface area contributed by atoms with E-state index in [1.165, 1.54) is 6.07 Å². The summed E-state index contributed by atoms with van der Waals surface area (Å²) in [5, 5.41) is 0. The van der Waals surface area contributed by atoms with Crippen LogP contribution in [-0.4, -0.2) is 6.04 Å². The van der Waals surface area contributed by atoms with Crippen LogP contribution in [0.25, 0.3) is 0 Å². The highest BCUT2D eigenvalue weighted by molar-refractivity contribution is 5.27. The van der Waals surface area contributed by atoms with Gasteiger partial charge in [-0.2, -0.15) is 0 Å². The van der Waals surface area contributed by atoms with E-state index in [9.17, 15) is 4.39 Å². The fourth-order valence-corrected chi connectivity index (χ4v) is 2.25. The van der Waals surface area contributed by atoms with E-state index in [0.717, 1.165) is 12.0 Å². The lowest BCUT2D eigenvalue weighted by Gasteiger charge is -2.50. The molecule has 0 amide bonds. The standard InChI is InChI=1S/C12H16FN/c1-12(2)10(7-11(12)14)8-4-3-5-9(13)6-8/h3-6,10-11H,7,14H2,1-2H3. The van der Waals surface area contributed by atoms with Crippen LogP contribution in [0.2, 0.25) is 0 Å². The highest BCUT2D eigenvalue weighted by Crippen LogP contribution is 2.51. The van der Waals surface area contributed by atoms with Crippen molar-refractivity contribution < 1.29 is 4.39 Å². The van der Waals surface area contributed by atoms with Gasteiger partial charge in [-0.3, -0.25) is 0 Å². The Balaban J connectivity index is 2.26. The zero-order chi connectivity index (χ0) is 10.3. The van der Waals surface area contributed by atoms with Crippen molar-refractivity contribution in [2.75, 3.05) is 0 Å². The van der Waals surface area contributed by atoms with Gasteiger partial charge in [-0.1, -0.05) is 26.0 Å². The Morgan fingerprint density at radius 2 is 2.14 bits per heavy atom. The lowest BCUT2D eigenvalue weighted by molar-refractivity contribution is 0.0982. The van der Waals surface area contributed by atoms with E-state index in [0.29, 0.717) is 5.92 Å². The summed E-state index contributed by atoms with van der Waals surface area (Å²) < 4.78 is 13.0. The van der Waals surface area contributed by atoms with Gasteiger partial charge in [0.05, 0.1) is 0 Å². The SMILES string of the molecule is CC1(C)C(N)CC1c1cccc(F)c1. The molecular formula is C12H16FN. The first-order valence-corrected chi connectivity index (χ1v) is 5.03. The normalized spacial score (nSPS) is 29.7. The minimum absolute atomic E-state index is 0.105. The Morgan fingerprint density at radius 3 is 2.64 bits per heavy atom. The molecule has 2 N–H and O–H groups in total. The average molecular weight is 193 g/mol. The van der Waals surface area contributed by atoms with E-state index < -0.39 is 0 Å². The van der Waals surface area contributed by atoms with Gasteiger partial charge in [0.2, 0.25) is 0 Å². The molecule has 1 aromatic carbocycles. The Bertz CT molecular complexity index is 346. The molecule has 0 spiro atoms. The molecule has 1 saturated carbocycles. The molecule has 0 bridgehead atoms. The maximum Gasteiger partial charge on any atom is 0.123 e. The van der Waals surface area contributed by atoms with Crippen LogP contribution in [0.4, 0.5) is 4.39 Å². The van der Waals surface area contributed by atoms with E-state index in [-0.39, 0.29) is 17.3 Å². The zero-order valence-corrected chi connectivity index (χ0v) is 8.63. The Labute approximate surface area is 84.1 Å². The second-order valence-corrected chi connectivity index (χ2v) is 4.77. The van der Waals surface area contributed by atoms with Crippen LogP contribution in [0, 0.1) is 11.2 Å². The van der Waals surface area contributed by atoms with Crippen LogP contribution in [0.3, 0.4) is 0 Å². The van der Waals surface area contributed by atoms with Gasteiger partial charge in [-0.25, -0.2) is 4.39 Å². The Morgan fingerprint density at radius 1 is 1.43 bits per heavy atom. The van der Waals surface area contributed by atoms with E-state index >= 15 is 0 Å². The minimum atomic E-state index is -0.154. The zero-order valence-electron chi connectivity index (χ0n) is 8.63. The van der Waals surface area contributed by atoms with Gasteiger partial charge in [-0.05, 0) is 35.4 Å². The molecule has 0 aliphatic heterocycles. The largest absolute Gasteiger partial charge is 0.327 e. The molecule has 1 aliphatic carbocycles. The molecule has 0 saturated heterocycles. The third-order valence-electron chi connectivity index (χ3n) is 3.59. The monoisotopic (exact) mass is 193 g/mol. The number of halogens is 1. The van der Waals surface area contributed by atoms with Gasteiger partial charge in [0, 0.05) is 6.04 Å². The third kappa shape index (κ3) is 1.34. The van der Waals surface area contributed by atoms with Crippen molar-refractivity contribution in [2.45, 2.75) is 32.2 Å². The number of rotatable bonds is 1. The van der Waals surface area contributed by atoms with Gasteiger partial charge in [0.25, 0.3) is 0 Å². The molecule has 14 heavy (non-hydrogen) atoms. The van der Waals surface area contributed by atoms with Crippen molar-refractivity contribution in [1.82, 2.24) is 0 Å². The third-order valence-corrected chi connectivity index (χ3v) is 3.59. The molecule has 2 rings (SSSR count). The van der Waals surface area contributed by atoms with E-state index in [1.807, 2.05) is 6.07 Å². The second kappa shape index (κ2) is 3.06. The summed E-state index contributed by atoms with van der Waals surface area (Å²) in [5.41, 5.74) is 7.11. The second-order valence-electron chi connectivity index (χ2n) is 4.77. The molecule has 2 heteroatoms. The van der Waals surface area contributed by atoms with Crippen molar-refractivity contribution >= 4 is 0 Å². The smallest absolute Gasteiger partial charge is 0.123 e. The first-order valence-electron chi connectivity index (χ1n) is 5.03.